The summed E-state index contributed by atoms with van der Waals surface area (Å²) < 4.78 is 26.2. The van der Waals surface area contributed by atoms with Crippen LogP contribution in [-0.4, -0.2) is 51.6 Å². The smallest absolute Gasteiger partial charge is 0.332 e. The maximum absolute atomic E-state index is 14.4. The predicted molar refractivity (Wildman–Crippen MR) is 160 cm³/mol. The zero-order valence-electron chi connectivity index (χ0n) is 24.2. The number of ether oxygens (including phenoxy) is 3. The first-order chi connectivity index (χ1) is 20.8. The van der Waals surface area contributed by atoms with Crippen molar-refractivity contribution in [2.24, 2.45) is 5.41 Å². The van der Waals surface area contributed by atoms with Gasteiger partial charge in [0.2, 0.25) is 5.89 Å². The third kappa shape index (κ3) is 5.43. The van der Waals surface area contributed by atoms with Crippen LogP contribution in [0, 0.1) is 12.3 Å². The van der Waals surface area contributed by atoms with E-state index >= 15 is 0 Å². The molecule has 43 heavy (non-hydrogen) atoms. The Bertz CT molecular complexity index is 1730. The van der Waals surface area contributed by atoms with Gasteiger partial charge in [-0.2, -0.15) is 0 Å². The number of para-hydroxylation sites is 1. The van der Waals surface area contributed by atoms with Crippen LogP contribution < -0.4 is 16.0 Å². The van der Waals surface area contributed by atoms with E-state index in [4.69, 9.17) is 18.6 Å². The number of hydrogen-bond donors (Lipinski definition) is 1. The van der Waals surface area contributed by atoms with Gasteiger partial charge in [-0.3, -0.25) is 18.7 Å². The molecule has 0 unspecified atom stereocenters. The molecular formula is C31H35N3O8S. The number of aromatic nitrogens is 3. The standard InChI is InChI=1S/C31H35N3O8S/c1-19-24-27(35)34(18-31(29(36)37)11-5-6-12-31)30(38)33(28(24)43-25(19)26-32-13-16-41-26)17-23(42-20-9-14-40-15-10-20)21-7-3-4-8-22(21)39-2/h3-4,7-8,13,16,20,23H,5-6,9-12,14-15,17-18H2,1-2H3,(H,36,37)/t23-/m0/s1. The first kappa shape index (κ1) is 29.3. The van der Waals surface area contributed by atoms with Gasteiger partial charge in [0.1, 0.15) is 22.9 Å². The van der Waals surface area contributed by atoms with Crippen molar-refractivity contribution in [2.75, 3.05) is 20.3 Å². The van der Waals surface area contributed by atoms with Crippen LogP contribution in [0.4, 0.5) is 0 Å². The highest BCUT2D eigenvalue weighted by Gasteiger charge is 2.43. The number of carboxylic acids is 1. The summed E-state index contributed by atoms with van der Waals surface area (Å²) in [5.74, 6) is -0.0165. The predicted octanol–water partition coefficient (Wildman–Crippen LogP) is 4.78. The maximum Gasteiger partial charge on any atom is 0.332 e. The molecule has 0 radical (unpaired) electrons. The van der Waals surface area contributed by atoms with Gasteiger partial charge in [0.05, 0.1) is 41.6 Å². The molecule has 3 aromatic heterocycles. The third-order valence-corrected chi connectivity index (χ3v) is 10.1. The number of thiophene rings is 1. The van der Waals surface area contributed by atoms with E-state index in [1.165, 1.54) is 23.8 Å². The van der Waals surface area contributed by atoms with E-state index in [1.807, 2.05) is 24.3 Å². The lowest BCUT2D eigenvalue weighted by Crippen LogP contribution is -2.46. The van der Waals surface area contributed by atoms with E-state index in [0.29, 0.717) is 71.2 Å². The lowest BCUT2D eigenvalue weighted by Gasteiger charge is -2.30. The number of carboxylic acid groups (broad SMARTS) is 1. The van der Waals surface area contributed by atoms with E-state index in [0.717, 1.165) is 23.0 Å². The van der Waals surface area contributed by atoms with E-state index < -0.39 is 28.7 Å². The fourth-order valence-electron chi connectivity index (χ4n) is 6.39. The van der Waals surface area contributed by atoms with Crippen LogP contribution in [0.5, 0.6) is 5.75 Å². The number of aliphatic carboxylic acids is 1. The van der Waals surface area contributed by atoms with Gasteiger partial charge in [0.15, 0.2) is 0 Å². The van der Waals surface area contributed by atoms with Gasteiger partial charge in [0.25, 0.3) is 5.56 Å². The Balaban J connectivity index is 1.55. The van der Waals surface area contributed by atoms with Crippen LogP contribution in [0.15, 0.2) is 50.7 Å². The Morgan fingerprint density at radius 2 is 1.93 bits per heavy atom. The number of methoxy groups -OCH3 is 1. The second-order valence-electron chi connectivity index (χ2n) is 11.3. The molecule has 2 aliphatic rings. The Morgan fingerprint density at radius 1 is 1.19 bits per heavy atom. The monoisotopic (exact) mass is 609 g/mol. The number of aryl methyl sites for hydroxylation is 1. The number of nitrogens with zero attached hydrogens (tertiary/aromatic N) is 3. The summed E-state index contributed by atoms with van der Waals surface area (Å²) in [6, 6.07) is 7.53. The fraction of sp³-hybridized carbons (Fsp3) is 0.484. The SMILES string of the molecule is COc1ccccc1[C@H](Cn1c(=O)n(CC2(C(=O)O)CCCC2)c(=O)c2c(C)c(-c3ncco3)sc21)OC1CCOCC1. The molecule has 4 aromatic rings. The number of carbonyl (C=O) groups is 1. The molecule has 0 spiro atoms. The molecule has 1 aromatic carbocycles. The third-order valence-electron chi connectivity index (χ3n) is 8.76. The molecule has 0 amide bonds. The highest BCUT2D eigenvalue weighted by atomic mass is 32.1. The van der Waals surface area contributed by atoms with Gasteiger partial charge in [-0.15, -0.1) is 11.3 Å². The fourth-order valence-corrected chi connectivity index (χ4v) is 7.63. The first-order valence-corrected chi connectivity index (χ1v) is 15.4. The average molecular weight is 610 g/mol. The summed E-state index contributed by atoms with van der Waals surface area (Å²) in [6.07, 6.45) is 6.00. The lowest BCUT2D eigenvalue weighted by atomic mass is 9.86. The van der Waals surface area contributed by atoms with E-state index in [2.05, 4.69) is 4.98 Å². The lowest BCUT2D eigenvalue weighted by molar-refractivity contribution is -0.149. The molecular weight excluding hydrogens is 574 g/mol. The second-order valence-corrected chi connectivity index (χ2v) is 12.3. The van der Waals surface area contributed by atoms with Crippen LogP contribution in [-0.2, 0) is 27.4 Å². The van der Waals surface area contributed by atoms with Crippen molar-refractivity contribution in [3.05, 3.63) is 68.7 Å². The molecule has 1 saturated carbocycles. The van der Waals surface area contributed by atoms with Gasteiger partial charge in [-0.1, -0.05) is 31.0 Å². The number of fused-ring (bicyclic) bond motifs is 1. The molecule has 2 fully saturated rings. The minimum absolute atomic E-state index is 0.0817. The second kappa shape index (κ2) is 12.1. The molecule has 6 rings (SSSR count). The highest BCUT2D eigenvalue weighted by molar-refractivity contribution is 7.22. The molecule has 1 N–H and O–H groups in total. The Kier molecular flexibility index (Phi) is 8.25. The first-order valence-electron chi connectivity index (χ1n) is 14.6. The minimum atomic E-state index is -1.18. The van der Waals surface area contributed by atoms with Crippen LogP contribution in [0.3, 0.4) is 0 Å². The van der Waals surface area contributed by atoms with Crippen LogP contribution in [0.2, 0.25) is 0 Å². The average Bonchev–Trinajstić information content (AvgIpc) is 3.79. The molecule has 1 atom stereocenters. The summed E-state index contributed by atoms with van der Waals surface area (Å²) in [6.45, 7) is 2.86. The molecule has 1 saturated heterocycles. The van der Waals surface area contributed by atoms with E-state index in [1.54, 1.807) is 18.6 Å². The van der Waals surface area contributed by atoms with Crippen LogP contribution in [0.1, 0.15) is 55.8 Å². The number of hydrogen-bond acceptors (Lipinski definition) is 9. The normalized spacial score (nSPS) is 17.8. The molecule has 1 aliphatic heterocycles. The quantitative estimate of drug-likeness (QED) is 0.270. The summed E-state index contributed by atoms with van der Waals surface area (Å²) in [5.41, 5.74) is -0.849. The van der Waals surface area contributed by atoms with Gasteiger partial charge in [-0.25, -0.2) is 9.78 Å². The molecule has 11 nitrogen and oxygen atoms in total. The van der Waals surface area contributed by atoms with Crippen molar-refractivity contribution in [3.8, 4) is 16.5 Å². The topological polar surface area (TPSA) is 135 Å². The summed E-state index contributed by atoms with van der Waals surface area (Å²) >= 11 is 1.26. The zero-order chi connectivity index (χ0) is 30.1. The number of rotatable bonds is 10. The zero-order valence-corrected chi connectivity index (χ0v) is 25.1. The Morgan fingerprint density at radius 3 is 2.60 bits per heavy atom. The van der Waals surface area contributed by atoms with Crippen molar-refractivity contribution < 1.29 is 28.5 Å². The van der Waals surface area contributed by atoms with Crippen molar-refractivity contribution in [1.82, 2.24) is 14.1 Å². The van der Waals surface area contributed by atoms with E-state index in [-0.39, 0.29) is 19.2 Å². The largest absolute Gasteiger partial charge is 0.496 e. The van der Waals surface area contributed by atoms with Crippen molar-refractivity contribution in [3.63, 3.8) is 0 Å². The van der Waals surface area contributed by atoms with Gasteiger partial charge in [-0.05, 0) is 44.2 Å². The highest BCUT2D eigenvalue weighted by Crippen LogP contribution is 2.41. The Labute approximate surface area is 251 Å². The molecule has 4 heterocycles. The van der Waals surface area contributed by atoms with Crippen LogP contribution in [0.25, 0.3) is 21.0 Å². The minimum Gasteiger partial charge on any atom is -0.496 e. The van der Waals surface area contributed by atoms with Gasteiger partial charge < -0.3 is 23.7 Å². The van der Waals surface area contributed by atoms with Crippen LogP contribution >= 0.6 is 11.3 Å². The molecule has 12 heteroatoms. The van der Waals surface area contributed by atoms with Crippen molar-refractivity contribution in [2.45, 2.75) is 70.7 Å². The van der Waals surface area contributed by atoms with Crippen molar-refractivity contribution in [1.29, 1.82) is 0 Å². The number of benzene rings is 1. The summed E-state index contributed by atoms with van der Waals surface area (Å²) in [7, 11) is 1.59. The van der Waals surface area contributed by atoms with E-state index in [9.17, 15) is 19.5 Å². The maximum atomic E-state index is 14.4. The van der Waals surface area contributed by atoms with Gasteiger partial charge in [0, 0.05) is 25.3 Å². The molecule has 0 bridgehead atoms. The Hall–Kier alpha value is -3.74. The van der Waals surface area contributed by atoms with Crippen molar-refractivity contribution >= 4 is 27.5 Å². The number of oxazole rings is 1. The molecule has 1 aliphatic carbocycles. The summed E-state index contributed by atoms with van der Waals surface area (Å²) in [5, 5.41) is 10.6. The summed E-state index contributed by atoms with van der Waals surface area (Å²) in [4.78, 5) is 46.3. The van der Waals surface area contributed by atoms with Gasteiger partial charge >= 0.3 is 11.7 Å². The molecule has 228 valence electrons.